The van der Waals surface area contributed by atoms with Crippen molar-refractivity contribution in [1.29, 1.82) is 0 Å². The van der Waals surface area contributed by atoms with E-state index in [1.807, 2.05) is 24.7 Å². The van der Waals surface area contributed by atoms with Crippen LogP contribution in [0.3, 0.4) is 0 Å². The Morgan fingerprint density at radius 3 is 3.00 bits per heavy atom. The molecule has 0 aromatic carbocycles. The molecular formula is C8H10N2. The summed E-state index contributed by atoms with van der Waals surface area (Å²) in [5.41, 5.74) is 0. The molecule has 0 saturated carbocycles. The van der Waals surface area contributed by atoms with E-state index in [1.54, 1.807) is 6.20 Å². The molecule has 10 heavy (non-hydrogen) atoms. The summed E-state index contributed by atoms with van der Waals surface area (Å²) in [6.45, 7) is 2.02. The molecule has 1 aromatic rings. The Balaban J connectivity index is 2.84. The maximum absolute atomic E-state index is 4.04. The third-order valence-corrected chi connectivity index (χ3v) is 1.20. The van der Waals surface area contributed by atoms with Crippen LogP contribution in [0, 0.1) is 11.8 Å². The molecule has 0 fully saturated rings. The van der Waals surface area contributed by atoms with Crippen LogP contribution in [0.25, 0.3) is 0 Å². The highest BCUT2D eigenvalue weighted by atomic mass is 15.0. The zero-order chi connectivity index (χ0) is 7.40. The summed E-state index contributed by atoms with van der Waals surface area (Å²) in [5.74, 6) is 6.74. The van der Waals surface area contributed by atoms with Crippen LogP contribution in [0.4, 0.5) is 0 Å². The summed E-state index contributed by atoms with van der Waals surface area (Å²) < 4.78 is 1.91. The molecule has 2 nitrogen and oxygen atoms in total. The van der Waals surface area contributed by atoms with Gasteiger partial charge in [0.15, 0.2) is 5.82 Å². The van der Waals surface area contributed by atoms with Gasteiger partial charge in [0.2, 0.25) is 0 Å². The van der Waals surface area contributed by atoms with Crippen molar-refractivity contribution >= 4 is 0 Å². The molecule has 0 aliphatic carbocycles. The van der Waals surface area contributed by atoms with Crippen molar-refractivity contribution < 1.29 is 0 Å². The molecule has 0 N–H and O–H groups in total. The Bertz CT molecular complexity index is 262. The van der Waals surface area contributed by atoms with Crippen LogP contribution in [-0.4, -0.2) is 9.55 Å². The van der Waals surface area contributed by atoms with Gasteiger partial charge in [0.05, 0.1) is 0 Å². The van der Waals surface area contributed by atoms with E-state index < -0.39 is 0 Å². The first kappa shape index (κ1) is 6.88. The average molecular weight is 134 g/mol. The number of hydrogen-bond acceptors (Lipinski definition) is 1. The van der Waals surface area contributed by atoms with Crippen molar-refractivity contribution in [3.8, 4) is 11.8 Å². The van der Waals surface area contributed by atoms with Crippen molar-refractivity contribution in [1.82, 2.24) is 9.55 Å². The van der Waals surface area contributed by atoms with Gasteiger partial charge in [-0.3, -0.25) is 0 Å². The van der Waals surface area contributed by atoms with Gasteiger partial charge in [-0.05, 0) is 5.92 Å². The first-order valence-corrected chi connectivity index (χ1v) is 3.30. The number of aryl methyl sites for hydroxylation is 1. The highest BCUT2D eigenvalue weighted by molar-refractivity contribution is 5.20. The SMILES string of the molecule is CCC#Cc1nccn1C. The fourth-order valence-corrected chi connectivity index (χ4v) is 0.654. The molecule has 1 heterocycles. The van der Waals surface area contributed by atoms with Gasteiger partial charge >= 0.3 is 0 Å². The van der Waals surface area contributed by atoms with Crippen molar-refractivity contribution in [2.75, 3.05) is 0 Å². The third kappa shape index (κ3) is 1.38. The minimum atomic E-state index is 0.835. The predicted molar refractivity (Wildman–Crippen MR) is 40.4 cm³/mol. The molecule has 0 amide bonds. The number of hydrogen-bond donors (Lipinski definition) is 0. The minimum absolute atomic E-state index is 0.835. The Kier molecular flexibility index (Phi) is 2.11. The summed E-state index contributed by atoms with van der Waals surface area (Å²) in [6.07, 6.45) is 4.52. The lowest BCUT2D eigenvalue weighted by molar-refractivity contribution is 0.893. The monoisotopic (exact) mass is 134 g/mol. The van der Waals surface area contributed by atoms with E-state index in [0.29, 0.717) is 0 Å². The van der Waals surface area contributed by atoms with Crippen LogP contribution >= 0.6 is 0 Å². The Hall–Kier alpha value is -1.23. The number of aromatic nitrogens is 2. The molecular weight excluding hydrogens is 124 g/mol. The molecule has 0 saturated heterocycles. The van der Waals surface area contributed by atoms with Gasteiger partial charge in [0.25, 0.3) is 0 Å². The van der Waals surface area contributed by atoms with Gasteiger partial charge in [-0.15, -0.1) is 0 Å². The second kappa shape index (κ2) is 3.07. The highest BCUT2D eigenvalue weighted by Gasteiger charge is 1.89. The zero-order valence-electron chi connectivity index (χ0n) is 6.26. The second-order valence-corrected chi connectivity index (χ2v) is 2.02. The third-order valence-electron chi connectivity index (χ3n) is 1.20. The smallest absolute Gasteiger partial charge is 0.185 e. The van der Waals surface area contributed by atoms with Gasteiger partial charge in [-0.1, -0.05) is 12.8 Å². The molecule has 0 bridgehead atoms. The molecule has 0 aliphatic rings. The molecule has 1 rings (SSSR count). The minimum Gasteiger partial charge on any atom is -0.327 e. The molecule has 2 heteroatoms. The molecule has 0 aliphatic heterocycles. The van der Waals surface area contributed by atoms with E-state index in [4.69, 9.17) is 0 Å². The lowest BCUT2D eigenvalue weighted by Gasteiger charge is -1.87. The molecule has 0 spiro atoms. The molecule has 1 aromatic heterocycles. The summed E-state index contributed by atoms with van der Waals surface area (Å²) in [7, 11) is 1.94. The van der Waals surface area contributed by atoms with Crippen LogP contribution in [0.5, 0.6) is 0 Å². The fourth-order valence-electron chi connectivity index (χ4n) is 0.654. The van der Waals surface area contributed by atoms with Crippen LogP contribution < -0.4 is 0 Å². The second-order valence-electron chi connectivity index (χ2n) is 2.02. The Morgan fingerprint density at radius 2 is 2.50 bits per heavy atom. The number of nitrogens with zero attached hydrogens (tertiary/aromatic N) is 2. The predicted octanol–water partition coefficient (Wildman–Crippen LogP) is 1.18. The lowest BCUT2D eigenvalue weighted by atomic mass is 10.4. The van der Waals surface area contributed by atoms with Gasteiger partial charge in [0.1, 0.15) is 0 Å². The van der Waals surface area contributed by atoms with Crippen LogP contribution in [0.1, 0.15) is 19.2 Å². The molecule has 0 unspecified atom stereocenters. The van der Waals surface area contributed by atoms with E-state index in [9.17, 15) is 0 Å². The first-order valence-electron chi connectivity index (χ1n) is 3.30. The van der Waals surface area contributed by atoms with Crippen molar-refractivity contribution in [2.45, 2.75) is 13.3 Å². The van der Waals surface area contributed by atoms with Gasteiger partial charge in [-0.25, -0.2) is 4.98 Å². The molecule has 0 atom stereocenters. The summed E-state index contributed by atoms with van der Waals surface area (Å²) >= 11 is 0. The summed E-state index contributed by atoms with van der Waals surface area (Å²) in [4.78, 5) is 4.04. The highest BCUT2D eigenvalue weighted by Crippen LogP contribution is 1.89. The normalized spacial score (nSPS) is 8.60. The molecule has 0 radical (unpaired) electrons. The maximum Gasteiger partial charge on any atom is 0.185 e. The number of imidazole rings is 1. The quantitative estimate of drug-likeness (QED) is 0.487. The largest absolute Gasteiger partial charge is 0.327 e. The summed E-state index contributed by atoms with van der Waals surface area (Å²) in [6, 6.07) is 0. The van der Waals surface area contributed by atoms with Crippen LogP contribution in [-0.2, 0) is 7.05 Å². The topological polar surface area (TPSA) is 17.8 Å². The van der Waals surface area contributed by atoms with E-state index in [0.717, 1.165) is 12.2 Å². The Morgan fingerprint density at radius 1 is 1.70 bits per heavy atom. The first-order chi connectivity index (χ1) is 4.84. The van der Waals surface area contributed by atoms with Gasteiger partial charge in [-0.2, -0.15) is 0 Å². The van der Waals surface area contributed by atoms with Crippen LogP contribution in [0.15, 0.2) is 12.4 Å². The van der Waals surface area contributed by atoms with E-state index in [1.165, 1.54) is 0 Å². The summed E-state index contributed by atoms with van der Waals surface area (Å²) in [5, 5.41) is 0. The zero-order valence-corrected chi connectivity index (χ0v) is 6.26. The number of rotatable bonds is 0. The van der Waals surface area contributed by atoms with Gasteiger partial charge < -0.3 is 4.57 Å². The van der Waals surface area contributed by atoms with E-state index in [2.05, 4.69) is 16.8 Å². The van der Waals surface area contributed by atoms with E-state index in [-0.39, 0.29) is 0 Å². The van der Waals surface area contributed by atoms with Crippen molar-refractivity contribution in [3.63, 3.8) is 0 Å². The standard InChI is InChI=1S/C8H10N2/c1-3-4-5-8-9-6-7-10(8)2/h6-7H,3H2,1-2H3. The van der Waals surface area contributed by atoms with E-state index >= 15 is 0 Å². The van der Waals surface area contributed by atoms with Gasteiger partial charge in [0, 0.05) is 25.9 Å². The van der Waals surface area contributed by atoms with Crippen molar-refractivity contribution in [3.05, 3.63) is 18.2 Å². The van der Waals surface area contributed by atoms with Crippen LogP contribution in [0.2, 0.25) is 0 Å². The van der Waals surface area contributed by atoms with Crippen molar-refractivity contribution in [2.24, 2.45) is 7.05 Å². The molecule has 52 valence electrons. The average Bonchev–Trinajstić information content (AvgIpc) is 2.31. The lowest BCUT2D eigenvalue weighted by Crippen LogP contribution is -1.89. The fraction of sp³-hybridized carbons (Fsp3) is 0.375. The Labute approximate surface area is 60.9 Å². The maximum atomic E-state index is 4.04.